The molecule has 0 spiro atoms. The average molecular weight is 279 g/mol. The van der Waals surface area contributed by atoms with E-state index in [-0.39, 0.29) is 17.9 Å². The van der Waals surface area contributed by atoms with E-state index in [1.54, 1.807) is 18.2 Å². The molecule has 0 heterocycles. The summed E-state index contributed by atoms with van der Waals surface area (Å²) in [6.07, 6.45) is 0.944. The number of hydrogen-bond donors (Lipinski definition) is 2. The number of ether oxygens (including phenoxy) is 2. The third kappa shape index (κ3) is 2.84. The highest BCUT2D eigenvalue weighted by molar-refractivity contribution is 5.97. The number of nitrogens with one attached hydrogen (secondary N) is 1. The van der Waals surface area contributed by atoms with Gasteiger partial charge in [-0.05, 0) is 25.0 Å². The van der Waals surface area contributed by atoms with Crippen LogP contribution in [0.25, 0.3) is 0 Å². The molecule has 0 unspecified atom stereocenters. The molecule has 0 radical (unpaired) electrons. The number of benzene rings is 1. The minimum absolute atomic E-state index is 0.0876. The first kappa shape index (κ1) is 14.2. The first-order valence-electron chi connectivity index (χ1n) is 6.30. The molecule has 0 aromatic heterocycles. The van der Waals surface area contributed by atoms with Gasteiger partial charge >= 0.3 is 5.97 Å². The van der Waals surface area contributed by atoms with Gasteiger partial charge in [-0.15, -0.1) is 0 Å². The number of carboxylic acid groups (broad SMARTS) is 1. The van der Waals surface area contributed by atoms with Gasteiger partial charge in [0, 0.05) is 12.1 Å². The van der Waals surface area contributed by atoms with Crippen LogP contribution in [0.2, 0.25) is 0 Å². The number of methoxy groups -OCH3 is 2. The molecule has 0 atom stereocenters. The summed E-state index contributed by atoms with van der Waals surface area (Å²) in [7, 11) is 3.02. The number of hydrogen-bond acceptors (Lipinski definition) is 4. The van der Waals surface area contributed by atoms with E-state index in [1.165, 1.54) is 14.2 Å². The Labute approximate surface area is 116 Å². The summed E-state index contributed by atoms with van der Waals surface area (Å²) in [6.45, 7) is 0. The highest BCUT2D eigenvalue weighted by Gasteiger charge is 2.35. The van der Waals surface area contributed by atoms with Crippen molar-refractivity contribution in [3.05, 3.63) is 23.8 Å². The minimum atomic E-state index is -0.808. The zero-order valence-electron chi connectivity index (χ0n) is 11.4. The summed E-state index contributed by atoms with van der Waals surface area (Å²) >= 11 is 0. The largest absolute Gasteiger partial charge is 0.497 e. The lowest BCUT2D eigenvalue weighted by Gasteiger charge is -2.32. The molecule has 1 saturated carbocycles. The lowest BCUT2D eigenvalue weighted by Crippen LogP contribution is -2.46. The second-order valence-corrected chi connectivity index (χ2v) is 4.74. The van der Waals surface area contributed by atoms with Crippen LogP contribution in [0.15, 0.2) is 18.2 Å². The SMILES string of the molecule is COc1ccc(C(=O)NC2CC(C(=O)O)C2)c(OC)c1. The van der Waals surface area contributed by atoms with Crippen molar-refractivity contribution in [2.45, 2.75) is 18.9 Å². The van der Waals surface area contributed by atoms with E-state index >= 15 is 0 Å². The normalized spacial score (nSPS) is 20.7. The van der Waals surface area contributed by atoms with Crippen LogP contribution in [0.5, 0.6) is 11.5 Å². The van der Waals surface area contributed by atoms with E-state index in [0.29, 0.717) is 29.9 Å². The van der Waals surface area contributed by atoms with Gasteiger partial charge in [-0.1, -0.05) is 0 Å². The zero-order valence-corrected chi connectivity index (χ0v) is 11.4. The van der Waals surface area contributed by atoms with Crippen molar-refractivity contribution in [2.75, 3.05) is 14.2 Å². The molecule has 20 heavy (non-hydrogen) atoms. The predicted molar refractivity (Wildman–Crippen MR) is 71.2 cm³/mol. The lowest BCUT2D eigenvalue weighted by atomic mass is 9.80. The highest BCUT2D eigenvalue weighted by Crippen LogP contribution is 2.29. The Morgan fingerprint density at radius 1 is 1.25 bits per heavy atom. The molecule has 0 aliphatic heterocycles. The van der Waals surface area contributed by atoms with Crippen LogP contribution in [0, 0.1) is 5.92 Å². The summed E-state index contributed by atoms with van der Waals surface area (Å²) in [5, 5.41) is 11.6. The maximum atomic E-state index is 12.1. The van der Waals surface area contributed by atoms with Crippen molar-refractivity contribution in [3.63, 3.8) is 0 Å². The Morgan fingerprint density at radius 2 is 1.95 bits per heavy atom. The minimum Gasteiger partial charge on any atom is -0.497 e. The first-order chi connectivity index (χ1) is 9.55. The molecule has 108 valence electrons. The Hall–Kier alpha value is -2.24. The molecule has 2 N–H and O–H groups in total. The van der Waals surface area contributed by atoms with E-state index in [9.17, 15) is 9.59 Å². The van der Waals surface area contributed by atoms with E-state index < -0.39 is 5.97 Å². The Balaban J connectivity index is 2.01. The zero-order chi connectivity index (χ0) is 14.7. The van der Waals surface area contributed by atoms with Gasteiger partial charge in [0.2, 0.25) is 0 Å². The van der Waals surface area contributed by atoms with Crippen molar-refractivity contribution >= 4 is 11.9 Å². The number of amides is 1. The molecule has 1 amide bonds. The molecular weight excluding hydrogens is 262 g/mol. The molecule has 0 saturated heterocycles. The molecule has 1 aromatic rings. The third-order valence-corrected chi connectivity index (χ3v) is 3.48. The smallest absolute Gasteiger partial charge is 0.306 e. The summed E-state index contributed by atoms with van der Waals surface area (Å²) in [5.74, 6) is -0.391. The molecule has 2 rings (SSSR count). The van der Waals surface area contributed by atoms with Crippen LogP contribution in [-0.4, -0.2) is 37.2 Å². The maximum Gasteiger partial charge on any atom is 0.306 e. The quantitative estimate of drug-likeness (QED) is 0.848. The molecule has 1 aromatic carbocycles. The number of carbonyl (C=O) groups is 2. The summed E-state index contributed by atoms with van der Waals surface area (Å²) in [5.41, 5.74) is 0.409. The van der Waals surface area contributed by atoms with Gasteiger partial charge in [-0.2, -0.15) is 0 Å². The fraction of sp³-hybridized carbons (Fsp3) is 0.429. The van der Waals surface area contributed by atoms with Crippen molar-refractivity contribution in [1.82, 2.24) is 5.32 Å². The van der Waals surface area contributed by atoms with Crippen LogP contribution in [0.3, 0.4) is 0 Å². The molecule has 0 bridgehead atoms. The number of carbonyl (C=O) groups excluding carboxylic acids is 1. The molecule has 6 heteroatoms. The first-order valence-corrected chi connectivity index (χ1v) is 6.30. The van der Waals surface area contributed by atoms with Crippen LogP contribution >= 0.6 is 0 Å². The van der Waals surface area contributed by atoms with E-state index in [1.807, 2.05) is 0 Å². The number of aliphatic carboxylic acids is 1. The second-order valence-electron chi connectivity index (χ2n) is 4.74. The fourth-order valence-corrected chi connectivity index (χ4v) is 2.19. The third-order valence-electron chi connectivity index (χ3n) is 3.48. The van der Waals surface area contributed by atoms with Gasteiger partial charge in [0.25, 0.3) is 5.91 Å². The van der Waals surface area contributed by atoms with Crippen molar-refractivity contribution < 1.29 is 24.2 Å². The molecule has 6 nitrogen and oxygen atoms in total. The van der Waals surface area contributed by atoms with Crippen LogP contribution in [0.4, 0.5) is 0 Å². The Kier molecular flexibility index (Phi) is 4.12. The highest BCUT2D eigenvalue weighted by atomic mass is 16.5. The molecule has 1 fully saturated rings. The summed E-state index contributed by atoms with van der Waals surface area (Å²) in [6, 6.07) is 4.85. The van der Waals surface area contributed by atoms with Gasteiger partial charge in [-0.25, -0.2) is 0 Å². The van der Waals surface area contributed by atoms with E-state index in [0.717, 1.165) is 0 Å². The van der Waals surface area contributed by atoms with E-state index in [2.05, 4.69) is 5.32 Å². The van der Waals surface area contributed by atoms with Gasteiger partial charge in [0.05, 0.1) is 25.7 Å². The van der Waals surface area contributed by atoms with Crippen LogP contribution < -0.4 is 14.8 Å². The van der Waals surface area contributed by atoms with Crippen molar-refractivity contribution in [3.8, 4) is 11.5 Å². The second kappa shape index (κ2) is 5.81. The average Bonchev–Trinajstić information content (AvgIpc) is 2.40. The molecular formula is C14H17NO5. The van der Waals surface area contributed by atoms with Gasteiger partial charge < -0.3 is 19.9 Å². The fourth-order valence-electron chi connectivity index (χ4n) is 2.19. The molecule has 1 aliphatic carbocycles. The molecule has 1 aliphatic rings. The lowest BCUT2D eigenvalue weighted by molar-refractivity contribution is -0.145. The Morgan fingerprint density at radius 3 is 2.50 bits per heavy atom. The monoisotopic (exact) mass is 279 g/mol. The van der Waals surface area contributed by atoms with Gasteiger partial charge in [-0.3, -0.25) is 9.59 Å². The van der Waals surface area contributed by atoms with Gasteiger partial charge in [0.1, 0.15) is 11.5 Å². The maximum absolute atomic E-state index is 12.1. The standard InChI is InChI=1S/C14H17NO5/c1-19-10-3-4-11(12(7-10)20-2)13(16)15-9-5-8(6-9)14(17)18/h3-4,7-9H,5-6H2,1-2H3,(H,15,16)(H,17,18). The summed E-state index contributed by atoms with van der Waals surface area (Å²) < 4.78 is 10.2. The number of rotatable bonds is 5. The number of carboxylic acids is 1. The topological polar surface area (TPSA) is 84.9 Å². The Bertz CT molecular complexity index is 522. The van der Waals surface area contributed by atoms with E-state index in [4.69, 9.17) is 14.6 Å². The summed E-state index contributed by atoms with van der Waals surface area (Å²) in [4.78, 5) is 22.8. The predicted octanol–water partition coefficient (Wildman–Crippen LogP) is 1.30. The van der Waals surface area contributed by atoms with Crippen LogP contribution in [0.1, 0.15) is 23.2 Å². The van der Waals surface area contributed by atoms with Crippen molar-refractivity contribution in [2.24, 2.45) is 5.92 Å². The van der Waals surface area contributed by atoms with Crippen molar-refractivity contribution in [1.29, 1.82) is 0 Å². The van der Waals surface area contributed by atoms with Gasteiger partial charge in [0.15, 0.2) is 0 Å². The van der Waals surface area contributed by atoms with Crippen LogP contribution in [-0.2, 0) is 4.79 Å².